The van der Waals surface area contributed by atoms with Crippen LogP contribution in [0.2, 0.25) is 0 Å². The van der Waals surface area contributed by atoms with Crippen molar-refractivity contribution >= 4 is 21.8 Å². The lowest BCUT2D eigenvalue weighted by atomic mass is 10.0. The molecule has 0 saturated carbocycles. The molecule has 0 aromatic heterocycles. The smallest absolute Gasteiger partial charge is 0.302 e. The van der Waals surface area contributed by atoms with E-state index in [1.807, 2.05) is 32.0 Å². The van der Waals surface area contributed by atoms with Gasteiger partial charge in [-0.25, -0.2) is 0 Å². The molecule has 1 aromatic carbocycles. The Kier molecular flexibility index (Phi) is 4.66. The van der Waals surface area contributed by atoms with Gasteiger partial charge in [0.2, 0.25) is 5.91 Å². The van der Waals surface area contributed by atoms with E-state index in [-0.39, 0.29) is 18.9 Å². The van der Waals surface area contributed by atoms with Crippen molar-refractivity contribution in [3.8, 4) is 0 Å². The van der Waals surface area contributed by atoms with E-state index in [2.05, 4.69) is 0 Å². The van der Waals surface area contributed by atoms with Gasteiger partial charge in [0, 0.05) is 24.6 Å². The van der Waals surface area contributed by atoms with E-state index in [0.29, 0.717) is 0 Å². The Morgan fingerprint density at radius 3 is 2.29 bits per heavy atom. The first-order valence-electron chi connectivity index (χ1n) is 7.19. The number of amides is 1. The van der Waals surface area contributed by atoms with Crippen LogP contribution in [0.4, 0.5) is 9.57 Å². The van der Waals surface area contributed by atoms with Crippen LogP contribution in [0.5, 0.6) is 0 Å². The fraction of sp³-hybridized carbons (Fsp3) is 0.533. The lowest BCUT2D eigenvalue weighted by Gasteiger charge is -2.23. The molecule has 1 amide bonds. The van der Waals surface area contributed by atoms with Gasteiger partial charge in [-0.05, 0) is 24.0 Å². The quantitative estimate of drug-likeness (QED) is 0.785. The maximum absolute atomic E-state index is 12.8. The van der Waals surface area contributed by atoms with Crippen LogP contribution in [-0.4, -0.2) is 26.6 Å². The van der Waals surface area contributed by atoms with E-state index in [9.17, 15) is 17.1 Å². The number of rotatable bonds is 5. The van der Waals surface area contributed by atoms with E-state index in [1.165, 1.54) is 0 Å². The monoisotopic (exact) mass is 313 g/mol. The number of hydrogen-bond donors (Lipinski definition) is 0. The first kappa shape index (κ1) is 15.9. The van der Waals surface area contributed by atoms with Crippen molar-refractivity contribution in [2.24, 2.45) is 5.92 Å². The summed E-state index contributed by atoms with van der Waals surface area (Å²) < 4.78 is 34.4. The third-order valence-corrected chi connectivity index (χ3v) is 4.74. The number of benzene rings is 1. The molecule has 1 unspecified atom stereocenters. The lowest BCUT2D eigenvalue weighted by Crippen LogP contribution is -2.27. The molecule has 6 heteroatoms. The topological polar surface area (TPSA) is 54.5 Å². The molecule has 0 aliphatic carbocycles. The highest BCUT2D eigenvalue weighted by Gasteiger charge is 2.35. The Labute approximate surface area is 125 Å². The summed E-state index contributed by atoms with van der Waals surface area (Å²) in [7, 11) is -4.55. The molecule has 21 heavy (non-hydrogen) atoms. The molecule has 1 aliphatic heterocycles. The van der Waals surface area contributed by atoms with Crippen LogP contribution in [0.3, 0.4) is 0 Å². The van der Waals surface area contributed by atoms with Gasteiger partial charge in [0.15, 0.2) is 0 Å². The molecule has 4 nitrogen and oxygen atoms in total. The van der Waals surface area contributed by atoms with Gasteiger partial charge in [0.1, 0.15) is 0 Å². The van der Waals surface area contributed by atoms with Crippen LogP contribution in [0.1, 0.15) is 31.4 Å². The summed E-state index contributed by atoms with van der Waals surface area (Å²) in [6, 6.07) is 5.91. The van der Waals surface area contributed by atoms with Crippen LogP contribution in [0, 0.1) is 5.92 Å². The SMILES string of the molecule is CCc1cccc(CC)c1N1CC(CS(=O)(=O)F)CC1=O. The number of anilines is 1. The van der Waals surface area contributed by atoms with E-state index >= 15 is 0 Å². The highest BCUT2D eigenvalue weighted by atomic mass is 32.3. The lowest BCUT2D eigenvalue weighted by molar-refractivity contribution is -0.117. The molecule has 1 aromatic rings. The van der Waals surface area contributed by atoms with Crippen LogP contribution < -0.4 is 4.90 Å². The van der Waals surface area contributed by atoms with Crippen molar-refractivity contribution in [3.05, 3.63) is 29.3 Å². The zero-order valence-electron chi connectivity index (χ0n) is 12.3. The summed E-state index contributed by atoms with van der Waals surface area (Å²) in [4.78, 5) is 13.8. The van der Waals surface area contributed by atoms with Gasteiger partial charge in [0.25, 0.3) is 0 Å². The van der Waals surface area contributed by atoms with Gasteiger partial charge in [-0.3, -0.25) is 4.79 Å². The second-order valence-electron chi connectivity index (χ2n) is 5.41. The standard InChI is InChI=1S/C15H20FNO3S/c1-3-12-6-5-7-13(4-2)15(12)17-9-11(8-14(17)18)10-21(16,19)20/h5-7,11H,3-4,8-10H2,1-2H3. The van der Waals surface area contributed by atoms with Gasteiger partial charge >= 0.3 is 10.2 Å². The predicted molar refractivity (Wildman–Crippen MR) is 80.6 cm³/mol. The van der Waals surface area contributed by atoms with Gasteiger partial charge in [-0.2, -0.15) is 8.42 Å². The molecule has 1 fully saturated rings. The average Bonchev–Trinajstić information content (AvgIpc) is 2.75. The van der Waals surface area contributed by atoms with Gasteiger partial charge in [-0.15, -0.1) is 3.89 Å². The van der Waals surface area contributed by atoms with Gasteiger partial charge < -0.3 is 4.90 Å². The van der Waals surface area contributed by atoms with Crippen LogP contribution in [0.25, 0.3) is 0 Å². The van der Waals surface area contributed by atoms with Gasteiger partial charge in [-0.1, -0.05) is 32.0 Å². The van der Waals surface area contributed by atoms with Crippen molar-refractivity contribution in [2.45, 2.75) is 33.1 Å². The number of carbonyl (C=O) groups excluding carboxylic acids is 1. The molecule has 1 heterocycles. The second-order valence-corrected chi connectivity index (χ2v) is 6.82. The molecular formula is C15H20FNO3S. The summed E-state index contributed by atoms with van der Waals surface area (Å²) in [5.41, 5.74) is 3.00. The van der Waals surface area contributed by atoms with E-state index < -0.39 is 21.9 Å². The Morgan fingerprint density at radius 1 is 1.24 bits per heavy atom. The Balaban J connectivity index is 2.33. The van der Waals surface area contributed by atoms with Crippen molar-refractivity contribution < 1.29 is 17.1 Å². The first-order chi connectivity index (χ1) is 9.85. The molecule has 2 rings (SSSR count). The summed E-state index contributed by atoms with van der Waals surface area (Å²) in [6.45, 7) is 4.30. The minimum Gasteiger partial charge on any atom is -0.312 e. The normalized spacial score (nSPS) is 19.3. The van der Waals surface area contributed by atoms with E-state index in [0.717, 1.165) is 29.7 Å². The summed E-state index contributed by atoms with van der Waals surface area (Å²) in [5.74, 6) is -1.17. The fourth-order valence-electron chi connectivity index (χ4n) is 2.95. The van der Waals surface area contributed by atoms with Crippen LogP contribution >= 0.6 is 0 Å². The second kappa shape index (κ2) is 6.13. The molecule has 0 spiro atoms. The summed E-state index contributed by atoms with van der Waals surface area (Å²) in [5, 5.41) is 0. The minimum atomic E-state index is -4.55. The van der Waals surface area contributed by atoms with Crippen molar-refractivity contribution in [1.82, 2.24) is 0 Å². The molecule has 116 valence electrons. The Morgan fingerprint density at radius 2 is 1.81 bits per heavy atom. The van der Waals surface area contributed by atoms with Crippen LogP contribution in [-0.2, 0) is 27.9 Å². The Bertz CT molecular complexity index is 620. The highest BCUT2D eigenvalue weighted by Crippen LogP contribution is 2.32. The maximum Gasteiger partial charge on any atom is 0.302 e. The number of carbonyl (C=O) groups is 1. The molecule has 0 bridgehead atoms. The van der Waals surface area contributed by atoms with Crippen molar-refractivity contribution in [2.75, 3.05) is 17.2 Å². The molecule has 0 radical (unpaired) electrons. The van der Waals surface area contributed by atoms with Crippen LogP contribution in [0.15, 0.2) is 18.2 Å². The first-order valence-corrected chi connectivity index (χ1v) is 8.74. The van der Waals surface area contributed by atoms with Crippen molar-refractivity contribution in [3.63, 3.8) is 0 Å². The number of aryl methyl sites for hydroxylation is 2. The zero-order valence-corrected chi connectivity index (χ0v) is 13.1. The molecule has 1 aliphatic rings. The number of nitrogens with zero attached hydrogens (tertiary/aromatic N) is 1. The number of para-hydroxylation sites is 1. The van der Waals surface area contributed by atoms with E-state index in [1.54, 1.807) is 4.90 Å². The fourth-order valence-corrected chi connectivity index (χ4v) is 3.74. The predicted octanol–water partition coefficient (Wildman–Crippen LogP) is 2.46. The summed E-state index contributed by atoms with van der Waals surface area (Å²) in [6.07, 6.45) is 1.67. The minimum absolute atomic E-state index is 0.0877. The maximum atomic E-state index is 12.8. The third-order valence-electron chi connectivity index (χ3n) is 3.87. The molecule has 1 atom stereocenters. The van der Waals surface area contributed by atoms with E-state index in [4.69, 9.17) is 0 Å². The zero-order chi connectivity index (χ0) is 15.6. The number of hydrogen-bond acceptors (Lipinski definition) is 3. The van der Waals surface area contributed by atoms with Crippen molar-refractivity contribution in [1.29, 1.82) is 0 Å². The highest BCUT2D eigenvalue weighted by molar-refractivity contribution is 7.86. The molecule has 1 saturated heterocycles. The largest absolute Gasteiger partial charge is 0.312 e. The number of halogens is 1. The van der Waals surface area contributed by atoms with Gasteiger partial charge in [0.05, 0.1) is 5.75 Å². The molecular weight excluding hydrogens is 293 g/mol. The summed E-state index contributed by atoms with van der Waals surface area (Å²) >= 11 is 0. The Hall–Kier alpha value is -1.43. The third kappa shape index (κ3) is 3.61. The molecule has 0 N–H and O–H groups in total. The average molecular weight is 313 g/mol.